The topological polar surface area (TPSA) is 56.4 Å². The molecular weight excluding hydrogens is 421 g/mol. The fourth-order valence-corrected chi connectivity index (χ4v) is 4.20. The number of fused-ring (bicyclic) bond motifs is 1. The van der Waals surface area contributed by atoms with Crippen LogP contribution in [0.2, 0.25) is 10.0 Å². The first kappa shape index (κ1) is 20.8. The zero-order valence-corrected chi connectivity index (χ0v) is 18.0. The van der Waals surface area contributed by atoms with Gasteiger partial charge in [0.1, 0.15) is 0 Å². The summed E-state index contributed by atoms with van der Waals surface area (Å²) in [6.45, 7) is 2.15. The Morgan fingerprint density at radius 1 is 0.933 bits per heavy atom. The Kier molecular flexibility index (Phi) is 6.30. The van der Waals surface area contributed by atoms with E-state index in [4.69, 9.17) is 23.2 Å². The smallest absolute Gasteiger partial charge is 0.254 e. The van der Waals surface area contributed by atoms with E-state index in [1.165, 1.54) is 10.9 Å². The van der Waals surface area contributed by atoms with Gasteiger partial charge in [-0.15, -0.1) is 0 Å². The largest absolute Gasteiger partial charge is 0.361 e. The van der Waals surface area contributed by atoms with Crippen LogP contribution in [-0.4, -0.2) is 52.8 Å². The second-order valence-electron chi connectivity index (χ2n) is 7.51. The summed E-state index contributed by atoms with van der Waals surface area (Å²) >= 11 is 11.9. The van der Waals surface area contributed by atoms with Crippen LogP contribution in [-0.2, 0) is 11.2 Å². The number of halogens is 2. The van der Waals surface area contributed by atoms with E-state index in [2.05, 4.69) is 17.1 Å². The Bertz CT molecular complexity index is 1070. The highest BCUT2D eigenvalue weighted by atomic mass is 35.5. The highest BCUT2D eigenvalue weighted by Crippen LogP contribution is 2.24. The number of H-pyrrole nitrogens is 1. The number of piperazine rings is 1. The van der Waals surface area contributed by atoms with Crippen LogP contribution in [0.25, 0.3) is 10.9 Å². The molecule has 1 fully saturated rings. The Hall–Kier alpha value is -2.50. The summed E-state index contributed by atoms with van der Waals surface area (Å²) in [7, 11) is 0. The number of amides is 2. The molecule has 7 heteroatoms. The minimum Gasteiger partial charge on any atom is -0.361 e. The third-order valence-corrected chi connectivity index (χ3v) is 6.34. The van der Waals surface area contributed by atoms with Crippen LogP contribution in [0, 0.1) is 0 Å². The zero-order valence-electron chi connectivity index (χ0n) is 16.5. The molecule has 5 nitrogen and oxygen atoms in total. The molecule has 2 amide bonds. The monoisotopic (exact) mass is 443 g/mol. The number of aryl methyl sites for hydroxylation is 1. The van der Waals surface area contributed by atoms with Gasteiger partial charge < -0.3 is 14.8 Å². The molecule has 0 bridgehead atoms. The number of carbonyl (C=O) groups is 2. The summed E-state index contributed by atoms with van der Waals surface area (Å²) in [5, 5.41) is 2.02. The SMILES string of the molecule is O=C(CCCc1c[nH]c2ccccc12)N1CCN(C(=O)c2ccc(Cl)c(Cl)c2)CC1. The third kappa shape index (κ3) is 4.47. The molecule has 1 aliphatic rings. The van der Waals surface area contributed by atoms with Crippen LogP contribution in [0.1, 0.15) is 28.8 Å². The fourth-order valence-electron chi connectivity index (χ4n) is 3.90. The molecule has 0 spiro atoms. The average Bonchev–Trinajstić information content (AvgIpc) is 3.18. The summed E-state index contributed by atoms with van der Waals surface area (Å²) in [5.74, 6) is 0.0662. The number of carbonyl (C=O) groups excluding carboxylic acids is 2. The predicted molar refractivity (Wildman–Crippen MR) is 120 cm³/mol. The molecule has 1 aromatic heterocycles. The molecule has 1 N–H and O–H groups in total. The van der Waals surface area contributed by atoms with Crippen molar-refractivity contribution in [2.24, 2.45) is 0 Å². The van der Waals surface area contributed by atoms with E-state index in [0.717, 1.165) is 18.4 Å². The molecule has 2 heterocycles. The number of nitrogens with zero attached hydrogens (tertiary/aromatic N) is 2. The maximum Gasteiger partial charge on any atom is 0.254 e. The van der Waals surface area contributed by atoms with Crippen molar-refractivity contribution in [3.8, 4) is 0 Å². The lowest BCUT2D eigenvalue weighted by Crippen LogP contribution is -2.50. The highest BCUT2D eigenvalue weighted by Gasteiger charge is 2.25. The maximum atomic E-state index is 12.7. The molecule has 1 aliphatic heterocycles. The number of hydrogen-bond donors (Lipinski definition) is 1. The van der Waals surface area contributed by atoms with Gasteiger partial charge in [-0.3, -0.25) is 9.59 Å². The van der Waals surface area contributed by atoms with Gasteiger partial charge >= 0.3 is 0 Å². The first-order valence-electron chi connectivity index (χ1n) is 10.1. The third-order valence-electron chi connectivity index (χ3n) is 5.60. The number of para-hydroxylation sites is 1. The lowest BCUT2D eigenvalue weighted by atomic mass is 10.1. The zero-order chi connectivity index (χ0) is 21.1. The Labute approximate surface area is 185 Å². The molecular formula is C23H23Cl2N3O2. The molecule has 30 heavy (non-hydrogen) atoms. The summed E-state index contributed by atoms with van der Waals surface area (Å²) in [6, 6.07) is 13.1. The van der Waals surface area contributed by atoms with E-state index in [9.17, 15) is 9.59 Å². The molecule has 0 aliphatic carbocycles. The lowest BCUT2D eigenvalue weighted by Gasteiger charge is -2.35. The van der Waals surface area contributed by atoms with E-state index >= 15 is 0 Å². The number of aromatic nitrogens is 1. The van der Waals surface area contributed by atoms with Gasteiger partial charge in [0.05, 0.1) is 10.0 Å². The first-order valence-corrected chi connectivity index (χ1v) is 10.9. The Morgan fingerprint density at radius 3 is 2.43 bits per heavy atom. The number of aromatic amines is 1. The standard InChI is InChI=1S/C23H23Cl2N3O2/c24-19-9-8-16(14-20(19)25)23(30)28-12-10-27(11-13-28)22(29)7-3-4-17-15-26-21-6-2-1-5-18(17)21/h1-2,5-6,8-9,14-15,26H,3-4,7,10-13H2. The molecule has 156 valence electrons. The van der Waals surface area contributed by atoms with E-state index in [1.54, 1.807) is 23.1 Å². The van der Waals surface area contributed by atoms with Crippen molar-refractivity contribution >= 4 is 45.9 Å². The van der Waals surface area contributed by atoms with E-state index in [-0.39, 0.29) is 11.8 Å². The van der Waals surface area contributed by atoms with Gasteiger partial charge in [-0.25, -0.2) is 0 Å². The minimum atomic E-state index is -0.0833. The molecule has 2 aromatic carbocycles. The second kappa shape index (κ2) is 9.11. The Balaban J connectivity index is 1.26. The molecule has 3 aromatic rings. The van der Waals surface area contributed by atoms with E-state index in [0.29, 0.717) is 48.2 Å². The quantitative estimate of drug-likeness (QED) is 0.616. The van der Waals surface area contributed by atoms with Gasteiger partial charge in [0.2, 0.25) is 5.91 Å². The summed E-state index contributed by atoms with van der Waals surface area (Å²) < 4.78 is 0. The van der Waals surface area contributed by atoms with Crippen LogP contribution in [0.15, 0.2) is 48.7 Å². The lowest BCUT2D eigenvalue weighted by molar-refractivity contribution is -0.132. The van der Waals surface area contributed by atoms with E-state index in [1.807, 2.05) is 23.2 Å². The van der Waals surface area contributed by atoms with Crippen molar-refractivity contribution in [1.82, 2.24) is 14.8 Å². The van der Waals surface area contributed by atoms with Crippen molar-refractivity contribution in [1.29, 1.82) is 0 Å². The van der Waals surface area contributed by atoms with Gasteiger partial charge in [-0.1, -0.05) is 41.4 Å². The molecule has 0 atom stereocenters. The highest BCUT2D eigenvalue weighted by molar-refractivity contribution is 6.42. The summed E-state index contributed by atoms with van der Waals surface area (Å²) in [6.07, 6.45) is 4.22. The molecule has 0 radical (unpaired) electrons. The number of hydrogen-bond acceptors (Lipinski definition) is 2. The van der Waals surface area contributed by atoms with Crippen LogP contribution in [0.4, 0.5) is 0 Å². The van der Waals surface area contributed by atoms with Gasteiger partial charge in [-0.2, -0.15) is 0 Å². The first-order chi connectivity index (χ1) is 14.5. The van der Waals surface area contributed by atoms with Crippen molar-refractivity contribution in [3.05, 3.63) is 69.8 Å². The number of nitrogens with one attached hydrogen (secondary N) is 1. The molecule has 4 rings (SSSR count). The van der Waals surface area contributed by atoms with Gasteiger partial charge in [0, 0.05) is 55.3 Å². The van der Waals surface area contributed by atoms with E-state index < -0.39 is 0 Å². The van der Waals surface area contributed by atoms with Crippen molar-refractivity contribution in [3.63, 3.8) is 0 Å². The van der Waals surface area contributed by atoms with Crippen LogP contribution in [0.3, 0.4) is 0 Å². The predicted octanol–water partition coefficient (Wildman–Crippen LogP) is 4.78. The van der Waals surface area contributed by atoms with Gasteiger partial charge in [0.15, 0.2) is 0 Å². The number of benzene rings is 2. The average molecular weight is 444 g/mol. The van der Waals surface area contributed by atoms with Crippen molar-refractivity contribution < 1.29 is 9.59 Å². The van der Waals surface area contributed by atoms with Gasteiger partial charge in [0.25, 0.3) is 5.91 Å². The van der Waals surface area contributed by atoms with Gasteiger partial charge in [-0.05, 0) is 42.7 Å². The van der Waals surface area contributed by atoms with Crippen LogP contribution < -0.4 is 0 Å². The van der Waals surface area contributed by atoms with Crippen LogP contribution in [0.5, 0.6) is 0 Å². The van der Waals surface area contributed by atoms with Crippen molar-refractivity contribution in [2.45, 2.75) is 19.3 Å². The minimum absolute atomic E-state index is 0.0833. The summed E-state index contributed by atoms with van der Waals surface area (Å²) in [4.78, 5) is 32.2. The summed E-state index contributed by atoms with van der Waals surface area (Å²) in [5.41, 5.74) is 2.89. The fraction of sp³-hybridized carbons (Fsp3) is 0.304. The normalized spacial score (nSPS) is 14.3. The molecule has 1 saturated heterocycles. The maximum absolute atomic E-state index is 12.7. The second-order valence-corrected chi connectivity index (χ2v) is 8.33. The Morgan fingerprint density at radius 2 is 1.67 bits per heavy atom. The molecule has 0 unspecified atom stereocenters. The van der Waals surface area contributed by atoms with Crippen molar-refractivity contribution in [2.75, 3.05) is 26.2 Å². The van der Waals surface area contributed by atoms with Crippen LogP contribution >= 0.6 is 23.2 Å². The molecule has 0 saturated carbocycles. The number of rotatable bonds is 5.